The second kappa shape index (κ2) is 10.4. The van der Waals surface area contributed by atoms with Gasteiger partial charge in [-0.15, -0.1) is 0 Å². The molecule has 11 nitrogen and oxygen atoms in total. The number of nitro benzene ring substituents is 1. The van der Waals surface area contributed by atoms with E-state index in [1.807, 2.05) is 17.0 Å². The summed E-state index contributed by atoms with van der Waals surface area (Å²) < 4.78 is 22.8. The van der Waals surface area contributed by atoms with E-state index >= 15 is 0 Å². The zero-order chi connectivity index (χ0) is 24.0. The van der Waals surface area contributed by atoms with Gasteiger partial charge < -0.3 is 15.5 Å². The number of hydrogen-bond acceptors (Lipinski definition) is 7. The van der Waals surface area contributed by atoms with Crippen molar-refractivity contribution in [1.29, 1.82) is 0 Å². The first kappa shape index (κ1) is 24.1. The van der Waals surface area contributed by atoms with Crippen LogP contribution >= 0.6 is 0 Å². The third-order valence-corrected chi connectivity index (χ3v) is 6.08. The van der Waals surface area contributed by atoms with E-state index in [0.717, 1.165) is 37.1 Å². The number of nitrogens with one attached hydrogen (secondary N) is 2. The first-order valence-electron chi connectivity index (χ1n) is 10.3. The molecule has 3 rings (SSSR count). The monoisotopic (exact) mass is 475 g/mol. The van der Waals surface area contributed by atoms with E-state index in [0.29, 0.717) is 18.7 Å². The molecule has 4 N–H and O–H groups in total. The summed E-state index contributed by atoms with van der Waals surface area (Å²) in [6.07, 6.45) is 2.48. The number of nitrogens with two attached hydrogens (primary N) is 1. The molecule has 0 spiro atoms. The molecule has 0 saturated carbocycles. The Morgan fingerprint density at radius 2 is 1.97 bits per heavy atom. The van der Waals surface area contributed by atoms with Gasteiger partial charge in [0, 0.05) is 44.2 Å². The van der Waals surface area contributed by atoms with Gasteiger partial charge in [-0.3, -0.25) is 19.7 Å². The molecular formula is C21H25N5O6S. The smallest absolute Gasteiger partial charge is 0.293 e. The molecule has 176 valence electrons. The van der Waals surface area contributed by atoms with Crippen molar-refractivity contribution in [3.63, 3.8) is 0 Å². The number of carbonyl (C=O) groups excluding carboxylic acids is 2. The van der Waals surface area contributed by atoms with Crippen LogP contribution in [0.1, 0.15) is 31.2 Å². The molecule has 33 heavy (non-hydrogen) atoms. The van der Waals surface area contributed by atoms with Gasteiger partial charge in [0.1, 0.15) is 5.69 Å². The molecular weight excluding hydrogens is 450 g/mol. The van der Waals surface area contributed by atoms with Crippen molar-refractivity contribution >= 4 is 38.9 Å². The molecule has 1 aliphatic heterocycles. The van der Waals surface area contributed by atoms with Crippen LogP contribution in [0.5, 0.6) is 0 Å². The fraction of sp³-hybridized carbons (Fsp3) is 0.333. The molecule has 0 unspecified atom stereocenters. The van der Waals surface area contributed by atoms with Gasteiger partial charge in [-0.1, -0.05) is 12.1 Å². The highest BCUT2D eigenvalue weighted by Gasteiger charge is 2.20. The van der Waals surface area contributed by atoms with Gasteiger partial charge in [-0.05, 0) is 42.7 Å². The molecule has 2 aromatic carbocycles. The maximum atomic E-state index is 12.3. The largest absolute Gasteiger partial charge is 0.379 e. The van der Waals surface area contributed by atoms with Crippen molar-refractivity contribution in [1.82, 2.24) is 4.90 Å². The number of piperidine rings is 1. The van der Waals surface area contributed by atoms with E-state index in [9.17, 15) is 28.1 Å². The Bertz CT molecular complexity index is 1170. The fourth-order valence-electron chi connectivity index (χ4n) is 3.52. The number of likely N-dealkylation sites (tertiary alicyclic amines) is 1. The molecule has 12 heteroatoms. The SMILES string of the molecule is NS(=O)(=O)c1ccc(NCCC(=O)Nc2cccc(CN3CCCCC3=O)c2)c([N+](=O)[O-])c1. The van der Waals surface area contributed by atoms with Crippen LogP contribution < -0.4 is 15.8 Å². The Morgan fingerprint density at radius 3 is 2.67 bits per heavy atom. The minimum atomic E-state index is -4.08. The number of primary sulfonamides is 1. The van der Waals surface area contributed by atoms with Gasteiger partial charge >= 0.3 is 0 Å². The number of hydrogen-bond donors (Lipinski definition) is 3. The number of carbonyl (C=O) groups is 2. The molecule has 1 saturated heterocycles. The molecule has 0 aromatic heterocycles. The predicted octanol–water partition coefficient (Wildman–Crippen LogP) is 2.20. The zero-order valence-electron chi connectivity index (χ0n) is 17.8. The van der Waals surface area contributed by atoms with Crippen LogP contribution in [0.25, 0.3) is 0 Å². The molecule has 0 aliphatic carbocycles. The van der Waals surface area contributed by atoms with Gasteiger partial charge in [0.2, 0.25) is 21.8 Å². The molecule has 2 aromatic rings. The fourth-order valence-corrected chi connectivity index (χ4v) is 4.05. The third-order valence-electron chi connectivity index (χ3n) is 5.17. The van der Waals surface area contributed by atoms with Crippen molar-refractivity contribution in [3.8, 4) is 0 Å². The van der Waals surface area contributed by atoms with Crippen molar-refractivity contribution in [3.05, 3.63) is 58.1 Å². The highest BCUT2D eigenvalue weighted by Crippen LogP contribution is 2.27. The number of rotatable bonds is 9. The van der Waals surface area contributed by atoms with E-state index in [2.05, 4.69) is 10.6 Å². The van der Waals surface area contributed by atoms with Crippen molar-refractivity contribution < 1.29 is 22.9 Å². The maximum Gasteiger partial charge on any atom is 0.293 e. The summed E-state index contributed by atoms with van der Waals surface area (Å²) in [6, 6.07) is 10.5. The normalized spacial score (nSPS) is 14.1. The summed E-state index contributed by atoms with van der Waals surface area (Å²) in [7, 11) is -4.08. The second-order valence-corrected chi connectivity index (χ2v) is 9.24. The number of amides is 2. The van der Waals surface area contributed by atoms with Gasteiger partial charge in [0.25, 0.3) is 5.69 Å². The molecule has 0 radical (unpaired) electrons. The van der Waals surface area contributed by atoms with Crippen LogP contribution in [-0.4, -0.2) is 43.1 Å². The van der Waals surface area contributed by atoms with Crippen molar-refractivity contribution in [2.45, 2.75) is 37.1 Å². The lowest BCUT2D eigenvalue weighted by Crippen LogP contribution is -2.34. The average molecular weight is 476 g/mol. The van der Waals surface area contributed by atoms with Crippen LogP contribution in [-0.2, 0) is 26.2 Å². The summed E-state index contributed by atoms with van der Waals surface area (Å²) in [5.74, 6) is -0.176. The first-order chi connectivity index (χ1) is 15.6. The summed E-state index contributed by atoms with van der Waals surface area (Å²) in [4.78, 5) is 36.3. The van der Waals surface area contributed by atoms with Crippen molar-refractivity contribution in [2.75, 3.05) is 23.7 Å². The van der Waals surface area contributed by atoms with Gasteiger partial charge in [0.05, 0.1) is 9.82 Å². The van der Waals surface area contributed by atoms with Crippen LogP contribution in [0.15, 0.2) is 47.4 Å². The lowest BCUT2D eigenvalue weighted by Gasteiger charge is -2.26. The van der Waals surface area contributed by atoms with E-state index in [4.69, 9.17) is 5.14 Å². The Hall–Kier alpha value is -3.51. The number of nitrogens with zero attached hydrogens (tertiary/aromatic N) is 2. The minimum Gasteiger partial charge on any atom is -0.379 e. The van der Waals surface area contributed by atoms with Gasteiger partial charge in [-0.25, -0.2) is 13.6 Å². The predicted molar refractivity (Wildman–Crippen MR) is 122 cm³/mol. The summed E-state index contributed by atoms with van der Waals surface area (Å²) in [5, 5.41) is 21.8. The summed E-state index contributed by atoms with van der Waals surface area (Å²) in [5.41, 5.74) is 1.12. The molecule has 0 bridgehead atoms. The molecule has 0 atom stereocenters. The van der Waals surface area contributed by atoms with Gasteiger partial charge in [0.15, 0.2) is 0 Å². The molecule has 2 amide bonds. The third kappa shape index (κ3) is 6.73. The lowest BCUT2D eigenvalue weighted by molar-refractivity contribution is -0.384. The Balaban J connectivity index is 1.56. The summed E-state index contributed by atoms with van der Waals surface area (Å²) >= 11 is 0. The number of benzene rings is 2. The molecule has 1 fully saturated rings. The Morgan fingerprint density at radius 1 is 1.18 bits per heavy atom. The van der Waals surface area contributed by atoms with Crippen molar-refractivity contribution in [2.24, 2.45) is 5.14 Å². The maximum absolute atomic E-state index is 12.3. The topological polar surface area (TPSA) is 165 Å². The minimum absolute atomic E-state index is 0.0168. The van der Waals surface area contributed by atoms with Crippen LogP contribution in [0, 0.1) is 10.1 Å². The highest BCUT2D eigenvalue weighted by atomic mass is 32.2. The standard InChI is InChI=1S/C21H25N5O6S/c22-33(31,32)17-7-8-18(19(13-17)26(29)30)23-10-9-20(27)24-16-5-3-4-15(12-16)14-25-11-2-1-6-21(25)28/h3-5,7-8,12-13,23H,1-2,6,9-11,14H2,(H,24,27)(H2,22,31,32). The van der Waals surface area contributed by atoms with Crippen LogP contribution in [0.4, 0.5) is 17.1 Å². The molecule has 1 heterocycles. The van der Waals surface area contributed by atoms with E-state index in [1.54, 1.807) is 12.1 Å². The van der Waals surface area contributed by atoms with Crippen LogP contribution in [0.3, 0.4) is 0 Å². The number of sulfonamides is 1. The quantitative estimate of drug-likeness (QED) is 0.369. The van der Waals surface area contributed by atoms with E-state index < -0.39 is 20.6 Å². The Labute approximate surface area is 191 Å². The second-order valence-electron chi connectivity index (χ2n) is 7.68. The summed E-state index contributed by atoms with van der Waals surface area (Å²) in [6.45, 7) is 1.30. The van der Waals surface area contributed by atoms with E-state index in [1.165, 1.54) is 6.07 Å². The van der Waals surface area contributed by atoms with E-state index in [-0.39, 0.29) is 35.4 Å². The number of nitro groups is 1. The molecule has 1 aliphatic rings. The Kier molecular flexibility index (Phi) is 7.61. The first-order valence-corrected chi connectivity index (χ1v) is 11.9. The lowest BCUT2D eigenvalue weighted by atomic mass is 10.1. The van der Waals surface area contributed by atoms with Crippen LogP contribution in [0.2, 0.25) is 0 Å². The zero-order valence-corrected chi connectivity index (χ0v) is 18.6. The highest BCUT2D eigenvalue weighted by molar-refractivity contribution is 7.89. The average Bonchev–Trinajstić information content (AvgIpc) is 2.75. The number of anilines is 2. The van der Waals surface area contributed by atoms with Gasteiger partial charge in [-0.2, -0.15) is 0 Å².